The molecule has 0 saturated heterocycles. The third kappa shape index (κ3) is 2.48. The van der Waals surface area contributed by atoms with Gasteiger partial charge in [-0.1, -0.05) is 0 Å². The molecule has 0 aliphatic carbocycles. The standard InChI is InChI=1S/C9H8F3NO/c1-5(14)13-6-2-3-8(10)7(4-6)9(11)12/h2-4,9H,1H3,(H,13,14). The second-order valence-corrected chi connectivity index (χ2v) is 2.72. The topological polar surface area (TPSA) is 29.1 Å². The zero-order chi connectivity index (χ0) is 10.7. The van der Waals surface area contributed by atoms with E-state index in [1.54, 1.807) is 0 Å². The van der Waals surface area contributed by atoms with Crippen molar-refractivity contribution in [2.24, 2.45) is 0 Å². The summed E-state index contributed by atoms with van der Waals surface area (Å²) in [5, 5.41) is 2.29. The van der Waals surface area contributed by atoms with Gasteiger partial charge in [0.15, 0.2) is 0 Å². The molecule has 2 nitrogen and oxygen atoms in total. The van der Waals surface area contributed by atoms with E-state index in [1.807, 2.05) is 0 Å². The molecular formula is C9H8F3NO. The van der Waals surface area contributed by atoms with Gasteiger partial charge in [0.1, 0.15) is 5.82 Å². The lowest BCUT2D eigenvalue weighted by molar-refractivity contribution is -0.114. The Labute approximate surface area is 78.7 Å². The van der Waals surface area contributed by atoms with Crippen molar-refractivity contribution in [2.45, 2.75) is 13.3 Å². The first-order valence-electron chi connectivity index (χ1n) is 3.86. The van der Waals surface area contributed by atoms with E-state index in [0.29, 0.717) is 0 Å². The summed E-state index contributed by atoms with van der Waals surface area (Å²) in [5.41, 5.74) is -0.551. The van der Waals surface area contributed by atoms with E-state index >= 15 is 0 Å². The van der Waals surface area contributed by atoms with Gasteiger partial charge >= 0.3 is 0 Å². The Morgan fingerprint density at radius 3 is 2.57 bits per heavy atom. The maximum atomic E-state index is 12.8. The van der Waals surface area contributed by atoms with Crippen molar-refractivity contribution in [2.75, 3.05) is 5.32 Å². The number of benzene rings is 1. The molecule has 0 atom stereocenters. The number of alkyl halides is 2. The van der Waals surface area contributed by atoms with E-state index < -0.39 is 23.7 Å². The smallest absolute Gasteiger partial charge is 0.266 e. The number of rotatable bonds is 2. The Balaban J connectivity index is 3.00. The van der Waals surface area contributed by atoms with Crippen molar-refractivity contribution < 1.29 is 18.0 Å². The lowest BCUT2D eigenvalue weighted by Crippen LogP contribution is -2.06. The molecule has 1 aromatic carbocycles. The van der Waals surface area contributed by atoms with Gasteiger partial charge in [0.05, 0.1) is 5.56 Å². The number of hydrogen-bond donors (Lipinski definition) is 1. The van der Waals surface area contributed by atoms with Crippen LogP contribution in [0.15, 0.2) is 18.2 Å². The fraction of sp³-hybridized carbons (Fsp3) is 0.222. The summed E-state index contributed by atoms with van der Waals surface area (Å²) in [6, 6.07) is 3.04. The van der Waals surface area contributed by atoms with Crippen molar-refractivity contribution >= 4 is 11.6 Å². The average molecular weight is 203 g/mol. The SMILES string of the molecule is CC(=O)Nc1ccc(F)c(C(F)F)c1. The van der Waals surface area contributed by atoms with Crippen LogP contribution in [0.3, 0.4) is 0 Å². The summed E-state index contributed by atoms with van der Waals surface area (Å²) in [6.45, 7) is 1.24. The zero-order valence-corrected chi connectivity index (χ0v) is 7.35. The average Bonchev–Trinajstić information content (AvgIpc) is 2.07. The molecule has 1 rings (SSSR count). The van der Waals surface area contributed by atoms with Gasteiger partial charge in [-0.15, -0.1) is 0 Å². The first-order chi connectivity index (χ1) is 6.50. The van der Waals surface area contributed by atoms with Gasteiger partial charge in [-0.2, -0.15) is 0 Å². The van der Waals surface area contributed by atoms with Crippen LogP contribution in [-0.4, -0.2) is 5.91 Å². The quantitative estimate of drug-likeness (QED) is 0.786. The van der Waals surface area contributed by atoms with E-state index in [9.17, 15) is 18.0 Å². The van der Waals surface area contributed by atoms with Crippen molar-refractivity contribution in [1.82, 2.24) is 0 Å². The molecule has 1 N–H and O–H groups in total. The third-order valence-electron chi connectivity index (χ3n) is 1.55. The van der Waals surface area contributed by atoms with Gasteiger partial charge in [0.25, 0.3) is 6.43 Å². The summed E-state index contributed by atoms with van der Waals surface area (Å²) in [7, 11) is 0. The van der Waals surface area contributed by atoms with Gasteiger partial charge in [-0.25, -0.2) is 13.2 Å². The number of amides is 1. The summed E-state index contributed by atoms with van der Waals surface area (Å²) in [6.07, 6.45) is -2.89. The number of nitrogens with one attached hydrogen (secondary N) is 1. The Hall–Kier alpha value is -1.52. The predicted octanol–water partition coefficient (Wildman–Crippen LogP) is 2.72. The molecule has 0 aliphatic heterocycles. The predicted molar refractivity (Wildman–Crippen MR) is 45.7 cm³/mol. The van der Waals surface area contributed by atoms with E-state index in [0.717, 1.165) is 12.1 Å². The van der Waals surface area contributed by atoms with Crippen molar-refractivity contribution in [3.05, 3.63) is 29.6 Å². The second-order valence-electron chi connectivity index (χ2n) is 2.72. The molecule has 0 radical (unpaired) electrons. The normalized spacial score (nSPS) is 10.4. The van der Waals surface area contributed by atoms with Crippen LogP contribution in [0.5, 0.6) is 0 Å². The minimum atomic E-state index is -2.89. The van der Waals surface area contributed by atoms with Gasteiger partial charge in [0, 0.05) is 12.6 Å². The number of anilines is 1. The highest BCUT2D eigenvalue weighted by atomic mass is 19.3. The second kappa shape index (κ2) is 4.13. The van der Waals surface area contributed by atoms with Crippen molar-refractivity contribution in [3.8, 4) is 0 Å². The molecule has 76 valence electrons. The van der Waals surface area contributed by atoms with Crippen molar-refractivity contribution in [3.63, 3.8) is 0 Å². The Morgan fingerprint density at radius 2 is 2.07 bits per heavy atom. The minimum absolute atomic E-state index is 0.161. The maximum Gasteiger partial charge on any atom is 0.266 e. The molecule has 0 saturated carbocycles. The summed E-state index contributed by atoms with van der Waals surface area (Å²) in [5.74, 6) is -1.37. The van der Waals surface area contributed by atoms with Crippen LogP contribution in [0.4, 0.5) is 18.9 Å². The highest BCUT2D eigenvalue weighted by Crippen LogP contribution is 2.24. The Morgan fingerprint density at radius 1 is 1.43 bits per heavy atom. The van der Waals surface area contributed by atoms with Crippen LogP contribution in [0.1, 0.15) is 18.9 Å². The number of hydrogen-bond acceptors (Lipinski definition) is 1. The molecule has 0 aromatic heterocycles. The van der Waals surface area contributed by atoms with Crippen molar-refractivity contribution in [1.29, 1.82) is 0 Å². The van der Waals surface area contributed by atoms with E-state index in [1.165, 1.54) is 13.0 Å². The molecule has 5 heteroatoms. The maximum absolute atomic E-state index is 12.8. The van der Waals surface area contributed by atoms with Crippen LogP contribution < -0.4 is 5.32 Å². The van der Waals surface area contributed by atoms with Crippen LogP contribution in [0, 0.1) is 5.82 Å². The van der Waals surface area contributed by atoms with E-state index in [4.69, 9.17) is 0 Å². The fourth-order valence-corrected chi connectivity index (χ4v) is 0.992. The summed E-state index contributed by atoms with van der Waals surface area (Å²) < 4.78 is 37.2. The molecule has 1 aromatic rings. The van der Waals surface area contributed by atoms with Crippen LogP contribution >= 0.6 is 0 Å². The first kappa shape index (κ1) is 10.6. The van der Waals surface area contributed by atoms with Crippen LogP contribution in [0.25, 0.3) is 0 Å². The first-order valence-corrected chi connectivity index (χ1v) is 3.86. The molecule has 0 unspecified atom stereocenters. The molecule has 1 amide bonds. The van der Waals surface area contributed by atoms with Gasteiger partial charge in [0.2, 0.25) is 5.91 Å². The number of halogens is 3. The number of carbonyl (C=O) groups excluding carboxylic acids is 1. The molecule has 0 bridgehead atoms. The monoisotopic (exact) mass is 203 g/mol. The zero-order valence-electron chi connectivity index (χ0n) is 7.35. The van der Waals surface area contributed by atoms with Crippen LogP contribution in [0.2, 0.25) is 0 Å². The Kier molecular flexibility index (Phi) is 3.11. The molecule has 0 aliphatic rings. The summed E-state index contributed by atoms with van der Waals surface area (Å²) in [4.78, 5) is 10.6. The third-order valence-corrected chi connectivity index (χ3v) is 1.55. The van der Waals surface area contributed by atoms with Gasteiger partial charge in [-0.05, 0) is 18.2 Å². The minimum Gasteiger partial charge on any atom is -0.326 e. The highest BCUT2D eigenvalue weighted by molar-refractivity contribution is 5.88. The van der Waals surface area contributed by atoms with E-state index in [2.05, 4.69) is 5.32 Å². The van der Waals surface area contributed by atoms with E-state index in [-0.39, 0.29) is 5.69 Å². The molecular weight excluding hydrogens is 195 g/mol. The lowest BCUT2D eigenvalue weighted by Gasteiger charge is -2.05. The molecule has 0 fully saturated rings. The Bertz CT molecular complexity index is 352. The highest BCUT2D eigenvalue weighted by Gasteiger charge is 2.13. The largest absolute Gasteiger partial charge is 0.326 e. The van der Waals surface area contributed by atoms with Gasteiger partial charge < -0.3 is 5.32 Å². The summed E-state index contributed by atoms with van der Waals surface area (Å²) >= 11 is 0. The lowest BCUT2D eigenvalue weighted by atomic mass is 10.2. The number of carbonyl (C=O) groups is 1. The van der Waals surface area contributed by atoms with Crippen LogP contribution in [-0.2, 0) is 4.79 Å². The molecule has 14 heavy (non-hydrogen) atoms. The van der Waals surface area contributed by atoms with Gasteiger partial charge in [-0.3, -0.25) is 4.79 Å². The molecule has 0 spiro atoms. The fourth-order valence-electron chi connectivity index (χ4n) is 0.992. The molecule has 0 heterocycles.